The number of benzene rings is 3. The number of amides is 1. The van der Waals surface area contributed by atoms with E-state index < -0.39 is 21.5 Å². The Kier molecular flexibility index (Phi) is 12.9. The second kappa shape index (κ2) is 18.2. The van der Waals surface area contributed by atoms with Gasteiger partial charge >= 0.3 is 0 Å². The normalized spacial score (nSPS) is 22.5. The van der Waals surface area contributed by atoms with E-state index in [9.17, 15) is 18.3 Å². The Balaban J connectivity index is 0.985. The van der Waals surface area contributed by atoms with Crippen molar-refractivity contribution in [1.29, 1.82) is 0 Å². The minimum absolute atomic E-state index is 0.00396. The molecule has 13 nitrogen and oxygen atoms in total. The van der Waals surface area contributed by atoms with Crippen LogP contribution in [0.25, 0.3) is 16.5 Å². The molecule has 0 radical (unpaired) electrons. The molecule has 62 heavy (non-hydrogen) atoms. The molecule has 3 N–H and O–H groups in total. The van der Waals surface area contributed by atoms with E-state index in [-0.39, 0.29) is 38.6 Å². The number of carbonyl (C=O) groups excluding carboxylic acids is 1. The summed E-state index contributed by atoms with van der Waals surface area (Å²) >= 11 is 12.7. The molecule has 2 fully saturated rings. The number of anilines is 1. The van der Waals surface area contributed by atoms with Gasteiger partial charge in [-0.15, -0.1) is 0 Å². The fourth-order valence-electron chi connectivity index (χ4n) is 8.66. The summed E-state index contributed by atoms with van der Waals surface area (Å²) in [4.78, 5) is 22.5. The number of hydrogen-bond acceptors (Lipinski definition) is 11. The highest BCUT2D eigenvalue weighted by molar-refractivity contribution is 7.90. The number of hydrogen-bond donors (Lipinski definition) is 3. The summed E-state index contributed by atoms with van der Waals surface area (Å²) in [5, 5.41) is 18.8. The number of aromatic amines is 1. The number of carbonyl (C=O) groups is 1. The van der Waals surface area contributed by atoms with Gasteiger partial charge in [0, 0.05) is 56.6 Å². The van der Waals surface area contributed by atoms with Crippen LogP contribution in [-0.2, 0) is 14.8 Å². The lowest BCUT2D eigenvalue weighted by Gasteiger charge is -2.40. The lowest BCUT2D eigenvalue weighted by Crippen LogP contribution is -2.47. The first kappa shape index (κ1) is 43.9. The Labute approximate surface area is 372 Å². The van der Waals surface area contributed by atoms with Gasteiger partial charge in [-0.2, -0.15) is 5.10 Å². The summed E-state index contributed by atoms with van der Waals surface area (Å²) in [6.45, 7) is 8.22. The molecule has 0 bridgehead atoms. The maximum absolute atomic E-state index is 13.9. The zero-order chi connectivity index (χ0) is 43.6. The number of nitrogens with zero attached hydrogens (tertiary/aromatic N) is 4. The molecule has 1 unspecified atom stereocenters. The number of sulfonamides is 1. The number of pyridine rings is 1. The average Bonchev–Trinajstić information content (AvgIpc) is 3.75. The van der Waals surface area contributed by atoms with E-state index in [2.05, 4.69) is 48.8 Å². The van der Waals surface area contributed by atoms with Crippen LogP contribution in [0, 0.1) is 5.92 Å². The lowest BCUT2D eigenvalue weighted by atomic mass is 9.79. The van der Waals surface area contributed by atoms with Gasteiger partial charge in [-0.25, -0.2) is 18.1 Å². The molecule has 3 aliphatic rings. The molecule has 2 aromatic heterocycles. The van der Waals surface area contributed by atoms with Crippen LogP contribution in [0.1, 0.15) is 74.7 Å². The monoisotopic (exact) mass is 902 g/mol. The van der Waals surface area contributed by atoms with E-state index in [1.54, 1.807) is 31.5 Å². The van der Waals surface area contributed by atoms with Crippen LogP contribution in [0.15, 0.2) is 89.6 Å². The van der Waals surface area contributed by atoms with E-state index in [0.29, 0.717) is 35.6 Å². The number of piperazine rings is 1. The highest BCUT2D eigenvalue weighted by Gasteiger charge is 2.34. The van der Waals surface area contributed by atoms with Gasteiger partial charge in [0.1, 0.15) is 21.4 Å². The summed E-state index contributed by atoms with van der Waals surface area (Å²) in [7, 11) is -2.63. The molecule has 328 valence electrons. The van der Waals surface area contributed by atoms with Gasteiger partial charge in [0.05, 0.1) is 46.7 Å². The summed E-state index contributed by atoms with van der Waals surface area (Å²) in [5.74, 6) is 0.0457. The van der Waals surface area contributed by atoms with Crippen molar-refractivity contribution in [2.45, 2.75) is 74.9 Å². The van der Waals surface area contributed by atoms with Gasteiger partial charge in [0.15, 0.2) is 0 Å². The highest BCUT2D eigenvalue weighted by atomic mass is 35.5. The lowest BCUT2D eigenvalue weighted by molar-refractivity contribution is -0.00393. The Morgan fingerprint density at radius 1 is 0.968 bits per heavy atom. The average molecular weight is 904 g/mol. The van der Waals surface area contributed by atoms with Crippen LogP contribution >= 0.6 is 23.2 Å². The van der Waals surface area contributed by atoms with E-state index in [1.807, 2.05) is 37.3 Å². The molecule has 1 saturated carbocycles. The third-order valence-electron chi connectivity index (χ3n) is 12.6. The number of halogens is 2. The minimum atomic E-state index is -4.43. The first-order chi connectivity index (χ1) is 29.7. The number of ether oxygens (including phenoxy) is 3. The van der Waals surface area contributed by atoms with Gasteiger partial charge in [0.25, 0.3) is 15.9 Å². The van der Waals surface area contributed by atoms with Gasteiger partial charge < -0.3 is 24.2 Å². The third kappa shape index (κ3) is 10.1. The molecular formula is C46H52Cl2N6O7S. The summed E-state index contributed by atoms with van der Waals surface area (Å²) in [6.07, 6.45) is 8.41. The number of allylic oxidation sites excluding steroid dienone is 1. The molecule has 0 spiro atoms. The third-order valence-corrected chi connectivity index (χ3v) is 14.4. The van der Waals surface area contributed by atoms with Crippen molar-refractivity contribution >= 4 is 61.3 Å². The van der Waals surface area contributed by atoms with Crippen molar-refractivity contribution < 1.29 is 32.5 Å². The summed E-state index contributed by atoms with van der Waals surface area (Å²) in [5.41, 5.74) is 4.62. The van der Waals surface area contributed by atoms with E-state index in [4.69, 9.17) is 37.4 Å². The molecule has 8 rings (SSSR count). The molecule has 1 atom stereocenters. The number of aliphatic hydroxyl groups is 1. The van der Waals surface area contributed by atoms with Crippen LogP contribution in [-0.4, -0.2) is 97.2 Å². The molecule has 5 aromatic rings. The van der Waals surface area contributed by atoms with E-state index >= 15 is 0 Å². The van der Waals surface area contributed by atoms with Crippen molar-refractivity contribution in [2.24, 2.45) is 5.92 Å². The molecule has 2 aliphatic carbocycles. The maximum atomic E-state index is 13.9. The number of fused-ring (bicyclic) bond motifs is 1. The fraction of sp³-hybridized carbons (Fsp3) is 0.413. The SMILES string of the molecule is COC1(C)CCC(c2ccc(Cl)cc2)=C(CN2CCN(c3ccc(C(=O)NS(=O)(=O)c4cnc(OCC5CCC(C)(O)CC5)c(Cl)c4)c(Oc4cccc5[nH]ncc45)c3)CC2)C1. The predicted octanol–water partition coefficient (Wildman–Crippen LogP) is 8.66. The van der Waals surface area contributed by atoms with Gasteiger partial charge in [-0.05, 0) is 124 Å². The van der Waals surface area contributed by atoms with Crippen molar-refractivity contribution in [1.82, 2.24) is 24.8 Å². The molecule has 3 aromatic carbocycles. The molecule has 1 aliphatic heterocycles. The zero-order valence-electron chi connectivity index (χ0n) is 35.1. The van der Waals surface area contributed by atoms with E-state index in [1.165, 1.54) is 22.8 Å². The van der Waals surface area contributed by atoms with Crippen LogP contribution in [0.2, 0.25) is 10.0 Å². The van der Waals surface area contributed by atoms with Gasteiger partial charge in [-0.1, -0.05) is 41.4 Å². The zero-order valence-corrected chi connectivity index (χ0v) is 37.5. The van der Waals surface area contributed by atoms with Crippen LogP contribution in [0.4, 0.5) is 5.69 Å². The second-order valence-corrected chi connectivity index (χ2v) is 19.7. The van der Waals surface area contributed by atoms with Gasteiger partial charge in [-0.3, -0.25) is 14.8 Å². The molecule has 3 heterocycles. The fourth-order valence-corrected chi connectivity index (χ4v) is 10.0. The quantitative estimate of drug-likeness (QED) is 0.104. The molecule has 1 amide bonds. The van der Waals surface area contributed by atoms with Crippen molar-refractivity contribution in [3.63, 3.8) is 0 Å². The topological polar surface area (TPSA) is 159 Å². The maximum Gasteiger partial charge on any atom is 0.268 e. The van der Waals surface area contributed by atoms with Crippen LogP contribution in [0.5, 0.6) is 17.4 Å². The Bertz CT molecular complexity index is 2570. The van der Waals surface area contributed by atoms with Crippen LogP contribution < -0.4 is 19.1 Å². The largest absolute Gasteiger partial charge is 0.476 e. The number of H-pyrrole nitrogens is 1. The smallest absolute Gasteiger partial charge is 0.268 e. The summed E-state index contributed by atoms with van der Waals surface area (Å²) in [6, 6.07) is 19.9. The molecular weight excluding hydrogens is 852 g/mol. The van der Waals surface area contributed by atoms with Crippen molar-refractivity contribution in [3.8, 4) is 17.4 Å². The van der Waals surface area contributed by atoms with Gasteiger partial charge in [0.2, 0.25) is 5.88 Å². The Hall–Kier alpha value is -4.70. The highest BCUT2D eigenvalue weighted by Crippen LogP contribution is 2.41. The summed E-state index contributed by atoms with van der Waals surface area (Å²) < 4.78 is 47.7. The van der Waals surface area contributed by atoms with E-state index in [0.717, 1.165) is 82.2 Å². The first-order valence-corrected chi connectivity index (χ1v) is 23.2. The second-order valence-electron chi connectivity index (χ2n) is 17.2. The van der Waals surface area contributed by atoms with Crippen molar-refractivity contribution in [3.05, 3.63) is 106 Å². The Morgan fingerprint density at radius 3 is 2.45 bits per heavy atom. The van der Waals surface area contributed by atoms with Crippen molar-refractivity contribution in [2.75, 3.05) is 51.3 Å². The Morgan fingerprint density at radius 2 is 1.73 bits per heavy atom. The van der Waals surface area contributed by atoms with Crippen LogP contribution in [0.3, 0.4) is 0 Å². The molecule has 1 saturated heterocycles. The number of methoxy groups -OCH3 is 1. The number of nitrogens with one attached hydrogen (secondary N) is 2. The predicted molar refractivity (Wildman–Crippen MR) is 241 cm³/mol. The number of rotatable bonds is 13. The minimum Gasteiger partial charge on any atom is -0.476 e. The standard InChI is InChI=1S/C46H52Cl2N6O7S/c1-45(56)16-13-30(14-17-45)29-60-44-39(48)24-35(26-49-44)62(57,58)52-43(55)37-12-11-34(23-42(37)61-41-6-4-5-40-38(41)27-50-51-40)54-21-19-53(20-22-54)28-32-25-46(2,59-3)18-15-36(32)31-7-9-33(47)10-8-31/h4-12,23-24,26-27,30,56H,13-22,25,28-29H2,1-3H3,(H,50,51)(H,52,55). The molecule has 16 heteroatoms. The first-order valence-electron chi connectivity index (χ1n) is 21.0. The number of aromatic nitrogens is 3.